The molecule has 3 N–H and O–H groups in total. The van der Waals surface area contributed by atoms with Gasteiger partial charge in [0, 0.05) is 19.2 Å². The van der Waals surface area contributed by atoms with E-state index in [1.807, 2.05) is 20.8 Å². The molecule has 2 saturated heterocycles. The highest BCUT2D eigenvalue weighted by molar-refractivity contribution is 6.29. The van der Waals surface area contributed by atoms with Crippen molar-refractivity contribution >= 4 is 41.0 Å². The highest BCUT2D eigenvalue weighted by Gasteiger charge is 2.52. The van der Waals surface area contributed by atoms with Gasteiger partial charge in [0.25, 0.3) is 17.4 Å². The van der Waals surface area contributed by atoms with E-state index in [2.05, 4.69) is 26.0 Å². The molecule has 11 nitrogen and oxygen atoms in total. The first-order chi connectivity index (χ1) is 18.4. The second-order valence-electron chi connectivity index (χ2n) is 11.5. The van der Waals surface area contributed by atoms with Crippen LogP contribution in [0.5, 0.6) is 0 Å². The van der Waals surface area contributed by atoms with E-state index in [9.17, 15) is 28.0 Å². The van der Waals surface area contributed by atoms with E-state index in [1.54, 1.807) is 0 Å². The lowest BCUT2D eigenvalue weighted by Crippen LogP contribution is -2.59. The Hall–Kier alpha value is -3.09. The molecule has 39 heavy (non-hydrogen) atoms. The van der Waals surface area contributed by atoms with Crippen molar-refractivity contribution in [2.75, 3.05) is 25.0 Å². The average molecular weight is 570 g/mol. The predicted octanol–water partition coefficient (Wildman–Crippen LogP) is 1.60. The Morgan fingerprint density at radius 2 is 2.00 bits per heavy atom. The largest absolute Gasteiger partial charge is 0.358 e. The Morgan fingerprint density at radius 1 is 1.26 bits per heavy atom. The number of amides is 4. The quantitative estimate of drug-likeness (QED) is 0.258. The molecule has 4 amide bonds. The van der Waals surface area contributed by atoms with Crippen molar-refractivity contribution in [3.8, 4) is 0 Å². The number of hydrogen-bond donors (Lipinski definition) is 3. The van der Waals surface area contributed by atoms with E-state index >= 15 is 0 Å². The van der Waals surface area contributed by atoms with Gasteiger partial charge >= 0.3 is 0 Å². The van der Waals surface area contributed by atoms with Gasteiger partial charge in [-0.2, -0.15) is 4.39 Å². The number of fused-ring (bicyclic) bond motifs is 1. The van der Waals surface area contributed by atoms with E-state index in [4.69, 9.17) is 11.6 Å². The zero-order valence-electron chi connectivity index (χ0n) is 22.1. The van der Waals surface area contributed by atoms with Crippen LogP contribution in [-0.2, 0) is 19.2 Å². The lowest BCUT2D eigenvalue weighted by molar-refractivity contribution is -0.149. The number of nitrogens with one attached hydrogen (secondary N) is 3. The lowest BCUT2D eigenvalue weighted by Gasteiger charge is -2.37. The molecule has 6 atom stereocenters. The maximum atomic E-state index is 14.0. The van der Waals surface area contributed by atoms with Gasteiger partial charge in [-0.1, -0.05) is 38.8 Å². The van der Waals surface area contributed by atoms with Gasteiger partial charge in [0.1, 0.15) is 24.2 Å². The SMILES string of the molecule is CC(C)(C)[C@H](Nc1cc(F)ncn1)C(=O)N1C[C@@H]2CCC[C@@H]2[C@H]1C(=O)NN(C[C@@H]1CCNC1=O)C(=O)[C@H](F)Cl. The van der Waals surface area contributed by atoms with E-state index in [-0.39, 0.29) is 36.0 Å². The summed E-state index contributed by atoms with van der Waals surface area (Å²) in [5, 5.41) is 6.40. The number of hydrazine groups is 1. The zero-order valence-corrected chi connectivity index (χ0v) is 22.9. The molecule has 3 fully saturated rings. The van der Waals surface area contributed by atoms with Gasteiger partial charge in [0.05, 0.1) is 12.5 Å². The van der Waals surface area contributed by atoms with Crippen LogP contribution in [0.2, 0.25) is 0 Å². The lowest BCUT2D eigenvalue weighted by atomic mass is 9.85. The molecule has 1 saturated carbocycles. The van der Waals surface area contributed by atoms with Gasteiger partial charge in [-0.05, 0) is 36.5 Å². The van der Waals surface area contributed by atoms with Crippen molar-refractivity contribution < 1.29 is 28.0 Å². The minimum atomic E-state index is -2.42. The number of aromatic nitrogens is 2. The van der Waals surface area contributed by atoms with Crippen LogP contribution in [0.3, 0.4) is 0 Å². The summed E-state index contributed by atoms with van der Waals surface area (Å²) in [6.45, 7) is 5.99. The van der Waals surface area contributed by atoms with Crippen molar-refractivity contribution in [2.24, 2.45) is 23.2 Å². The average Bonchev–Trinajstić information content (AvgIpc) is 3.56. The van der Waals surface area contributed by atoms with Crippen molar-refractivity contribution in [3.63, 3.8) is 0 Å². The van der Waals surface area contributed by atoms with Crippen LogP contribution >= 0.6 is 11.6 Å². The third kappa shape index (κ3) is 6.39. The number of likely N-dealkylation sites (tertiary alicyclic amines) is 1. The minimum absolute atomic E-state index is 0.0773. The Morgan fingerprint density at radius 3 is 2.62 bits per heavy atom. The van der Waals surface area contributed by atoms with Gasteiger partial charge in [-0.15, -0.1) is 0 Å². The number of hydrogen-bond acceptors (Lipinski definition) is 7. The summed E-state index contributed by atoms with van der Waals surface area (Å²) in [5.74, 6) is -3.88. The molecule has 0 radical (unpaired) electrons. The molecule has 0 unspecified atom stereocenters. The van der Waals surface area contributed by atoms with Crippen molar-refractivity contribution in [1.82, 2.24) is 30.6 Å². The summed E-state index contributed by atoms with van der Waals surface area (Å²) in [6, 6.07) is -0.726. The van der Waals surface area contributed by atoms with Crippen molar-refractivity contribution in [2.45, 2.75) is 64.2 Å². The number of carbonyl (C=O) groups is 4. The minimum Gasteiger partial charge on any atom is -0.358 e. The number of halogens is 3. The summed E-state index contributed by atoms with van der Waals surface area (Å²) in [4.78, 5) is 61.3. The van der Waals surface area contributed by atoms with Gasteiger partial charge in [0.15, 0.2) is 0 Å². The molecule has 1 aromatic heterocycles. The molecule has 14 heteroatoms. The normalized spacial score (nSPS) is 26.0. The zero-order chi connectivity index (χ0) is 28.5. The topological polar surface area (TPSA) is 137 Å². The molecule has 0 bridgehead atoms. The molecule has 4 rings (SSSR count). The number of carbonyl (C=O) groups excluding carboxylic acids is 4. The molecule has 0 aromatic carbocycles. The fourth-order valence-electron chi connectivity index (χ4n) is 5.79. The van der Waals surface area contributed by atoms with Crippen LogP contribution in [0.15, 0.2) is 12.4 Å². The first kappa shape index (κ1) is 28.9. The molecule has 0 spiro atoms. The Kier molecular flexibility index (Phi) is 8.57. The molecular weight excluding hydrogens is 536 g/mol. The van der Waals surface area contributed by atoms with E-state index in [1.165, 1.54) is 4.90 Å². The monoisotopic (exact) mass is 569 g/mol. The van der Waals surface area contributed by atoms with E-state index in [0.717, 1.165) is 30.2 Å². The van der Waals surface area contributed by atoms with Crippen LogP contribution in [0, 0.1) is 29.1 Å². The Balaban J connectivity index is 1.58. The fraction of sp³-hybridized carbons (Fsp3) is 0.680. The molecule has 1 aliphatic carbocycles. The molecule has 2 aliphatic heterocycles. The second-order valence-corrected chi connectivity index (χ2v) is 11.8. The predicted molar refractivity (Wildman–Crippen MR) is 137 cm³/mol. The summed E-state index contributed by atoms with van der Waals surface area (Å²) in [7, 11) is 0. The first-order valence-corrected chi connectivity index (χ1v) is 13.5. The molecule has 3 aliphatic rings. The third-order valence-electron chi connectivity index (χ3n) is 7.74. The summed E-state index contributed by atoms with van der Waals surface area (Å²) >= 11 is 5.42. The van der Waals surface area contributed by atoms with Crippen LogP contribution in [-0.4, -0.2) is 80.9 Å². The van der Waals surface area contributed by atoms with Gasteiger partial charge in [-0.3, -0.25) is 24.6 Å². The molecule has 3 heterocycles. The van der Waals surface area contributed by atoms with Crippen LogP contribution in [0.1, 0.15) is 46.5 Å². The summed E-state index contributed by atoms with van der Waals surface area (Å²) in [6.07, 6.45) is 3.89. The molecule has 214 valence electrons. The van der Waals surface area contributed by atoms with E-state index in [0.29, 0.717) is 25.9 Å². The summed E-state index contributed by atoms with van der Waals surface area (Å²) in [5.41, 5.74) is -0.600. The maximum Gasteiger partial charge on any atom is 0.291 e. The number of rotatable bonds is 7. The molecule has 1 aromatic rings. The van der Waals surface area contributed by atoms with E-state index < -0.39 is 46.8 Å². The fourth-order valence-corrected chi connectivity index (χ4v) is 5.91. The van der Waals surface area contributed by atoms with Crippen molar-refractivity contribution in [1.29, 1.82) is 0 Å². The highest BCUT2D eigenvalue weighted by Crippen LogP contribution is 2.43. The maximum absolute atomic E-state index is 14.0. The second kappa shape index (κ2) is 11.6. The smallest absolute Gasteiger partial charge is 0.291 e. The van der Waals surface area contributed by atoms with Gasteiger partial charge < -0.3 is 15.5 Å². The molecular formula is C25H34ClF2N7O4. The van der Waals surface area contributed by atoms with Gasteiger partial charge in [0.2, 0.25) is 17.8 Å². The number of alkyl halides is 2. The van der Waals surface area contributed by atoms with Crippen molar-refractivity contribution in [3.05, 3.63) is 18.3 Å². The number of nitrogens with zero attached hydrogens (tertiary/aromatic N) is 4. The van der Waals surface area contributed by atoms with Crippen LogP contribution < -0.4 is 16.1 Å². The third-order valence-corrected chi connectivity index (χ3v) is 7.93. The Labute approximate surface area is 230 Å². The van der Waals surface area contributed by atoms with Gasteiger partial charge in [-0.25, -0.2) is 19.4 Å². The summed E-state index contributed by atoms with van der Waals surface area (Å²) < 4.78 is 27.6. The number of anilines is 1. The van der Waals surface area contributed by atoms with Crippen LogP contribution in [0.25, 0.3) is 0 Å². The standard InChI is InChI=1S/C25H34ClF2N7O4/c1-25(2,3)19(32-17-9-16(27)30-12-31-17)23(38)34-10-13-5-4-6-15(13)18(34)22(37)33-35(24(39)20(26)28)11-14-7-8-29-21(14)36/h9,12-15,18-20H,4-8,10-11H2,1-3H3,(H,29,36)(H,33,37)(H,30,31,32)/t13-,14-,15-,18-,19+,20-/m0/s1. The Bertz CT molecular complexity index is 1120. The van der Waals surface area contributed by atoms with Crippen LogP contribution in [0.4, 0.5) is 14.6 Å². The highest BCUT2D eigenvalue weighted by atomic mass is 35.5. The first-order valence-electron chi connectivity index (χ1n) is 13.1.